The SMILES string of the molecule is Cc1cc(C(N)c2ccc3c(c2)CCC(=O)N3)c(C)o1. The van der Waals surface area contributed by atoms with Crippen LogP contribution in [-0.2, 0) is 11.2 Å². The van der Waals surface area contributed by atoms with Crippen molar-refractivity contribution >= 4 is 11.6 Å². The number of carbonyl (C=O) groups excluding carboxylic acids is 1. The Hall–Kier alpha value is -2.07. The van der Waals surface area contributed by atoms with E-state index in [1.54, 1.807) is 0 Å². The number of hydrogen-bond donors (Lipinski definition) is 2. The summed E-state index contributed by atoms with van der Waals surface area (Å²) in [5, 5.41) is 2.88. The molecule has 1 aromatic heterocycles. The number of anilines is 1. The van der Waals surface area contributed by atoms with Gasteiger partial charge in [0, 0.05) is 17.7 Å². The van der Waals surface area contributed by atoms with Crippen molar-refractivity contribution in [1.29, 1.82) is 0 Å². The Morgan fingerprint density at radius 2 is 2.05 bits per heavy atom. The summed E-state index contributed by atoms with van der Waals surface area (Å²) in [5.41, 5.74) is 10.5. The minimum Gasteiger partial charge on any atom is -0.466 e. The maximum absolute atomic E-state index is 11.4. The van der Waals surface area contributed by atoms with Crippen LogP contribution in [0.5, 0.6) is 0 Å². The van der Waals surface area contributed by atoms with Crippen molar-refractivity contribution in [3.63, 3.8) is 0 Å². The first-order chi connectivity index (χ1) is 9.54. The van der Waals surface area contributed by atoms with Gasteiger partial charge < -0.3 is 15.5 Å². The minimum atomic E-state index is -0.199. The number of amides is 1. The Kier molecular flexibility index (Phi) is 3.10. The van der Waals surface area contributed by atoms with Gasteiger partial charge in [0.05, 0.1) is 6.04 Å². The fourth-order valence-electron chi connectivity index (χ4n) is 2.74. The lowest BCUT2D eigenvalue weighted by Crippen LogP contribution is -2.20. The molecule has 3 N–H and O–H groups in total. The van der Waals surface area contributed by atoms with Crippen LogP contribution in [0.2, 0.25) is 0 Å². The third kappa shape index (κ3) is 2.23. The van der Waals surface area contributed by atoms with Crippen LogP contribution in [0, 0.1) is 13.8 Å². The smallest absolute Gasteiger partial charge is 0.224 e. The van der Waals surface area contributed by atoms with Gasteiger partial charge in [-0.15, -0.1) is 0 Å². The molecule has 1 atom stereocenters. The largest absolute Gasteiger partial charge is 0.466 e. The van der Waals surface area contributed by atoms with E-state index in [9.17, 15) is 4.79 Å². The molecule has 104 valence electrons. The van der Waals surface area contributed by atoms with Gasteiger partial charge >= 0.3 is 0 Å². The van der Waals surface area contributed by atoms with Gasteiger partial charge in [-0.3, -0.25) is 4.79 Å². The molecule has 0 saturated heterocycles. The summed E-state index contributed by atoms with van der Waals surface area (Å²) in [7, 11) is 0. The summed E-state index contributed by atoms with van der Waals surface area (Å²) in [6.45, 7) is 3.85. The molecule has 0 saturated carbocycles. The maximum Gasteiger partial charge on any atom is 0.224 e. The number of nitrogens with one attached hydrogen (secondary N) is 1. The van der Waals surface area contributed by atoms with Crippen molar-refractivity contribution in [2.45, 2.75) is 32.7 Å². The topological polar surface area (TPSA) is 68.3 Å². The van der Waals surface area contributed by atoms with E-state index < -0.39 is 0 Å². The first-order valence-electron chi connectivity index (χ1n) is 6.80. The Morgan fingerprint density at radius 1 is 1.25 bits per heavy atom. The highest BCUT2D eigenvalue weighted by Crippen LogP contribution is 2.30. The molecule has 1 aromatic carbocycles. The molecular formula is C16H18N2O2. The van der Waals surface area contributed by atoms with Crippen LogP contribution in [0.25, 0.3) is 0 Å². The maximum atomic E-state index is 11.4. The van der Waals surface area contributed by atoms with E-state index in [1.165, 1.54) is 0 Å². The lowest BCUT2D eigenvalue weighted by atomic mass is 9.94. The standard InChI is InChI=1S/C16H18N2O2/c1-9-7-13(10(2)20-9)16(17)12-3-5-14-11(8-12)4-6-15(19)18-14/h3,5,7-8,16H,4,6,17H2,1-2H3,(H,18,19). The first-order valence-corrected chi connectivity index (χ1v) is 6.80. The number of fused-ring (bicyclic) bond motifs is 1. The van der Waals surface area contributed by atoms with Gasteiger partial charge in [0.15, 0.2) is 0 Å². The number of furan rings is 1. The summed E-state index contributed by atoms with van der Waals surface area (Å²) >= 11 is 0. The Bertz CT molecular complexity index is 673. The number of aryl methyl sites for hydroxylation is 3. The summed E-state index contributed by atoms with van der Waals surface area (Å²) in [4.78, 5) is 11.4. The Morgan fingerprint density at radius 3 is 2.75 bits per heavy atom. The number of hydrogen-bond acceptors (Lipinski definition) is 3. The first kappa shape index (κ1) is 12.9. The number of benzene rings is 1. The van der Waals surface area contributed by atoms with Crippen LogP contribution >= 0.6 is 0 Å². The summed E-state index contributed by atoms with van der Waals surface area (Å²) in [6.07, 6.45) is 1.31. The molecule has 4 nitrogen and oxygen atoms in total. The van der Waals surface area contributed by atoms with E-state index in [0.29, 0.717) is 6.42 Å². The molecule has 4 heteroatoms. The molecule has 20 heavy (non-hydrogen) atoms. The second kappa shape index (κ2) is 4.80. The monoisotopic (exact) mass is 270 g/mol. The van der Waals surface area contributed by atoms with Crippen LogP contribution in [0.4, 0.5) is 5.69 Å². The molecule has 3 rings (SSSR count). The van der Waals surface area contributed by atoms with Gasteiger partial charge in [0.2, 0.25) is 5.91 Å². The van der Waals surface area contributed by atoms with E-state index in [-0.39, 0.29) is 11.9 Å². The van der Waals surface area contributed by atoms with Crippen molar-refractivity contribution in [1.82, 2.24) is 0 Å². The van der Waals surface area contributed by atoms with Crippen molar-refractivity contribution in [2.24, 2.45) is 5.73 Å². The van der Waals surface area contributed by atoms with Crippen molar-refractivity contribution in [2.75, 3.05) is 5.32 Å². The number of rotatable bonds is 2. The summed E-state index contributed by atoms with van der Waals surface area (Å²) in [6, 6.07) is 7.78. The predicted molar refractivity (Wildman–Crippen MR) is 77.6 cm³/mol. The molecule has 1 amide bonds. The zero-order chi connectivity index (χ0) is 14.3. The zero-order valence-electron chi connectivity index (χ0n) is 11.7. The Balaban J connectivity index is 1.95. The number of nitrogens with two attached hydrogens (primary N) is 1. The van der Waals surface area contributed by atoms with Crippen LogP contribution in [-0.4, -0.2) is 5.91 Å². The molecule has 2 aromatic rings. The fourth-order valence-corrected chi connectivity index (χ4v) is 2.74. The zero-order valence-corrected chi connectivity index (χ0v) is 11.7. The van der Waals surface area contributed by atoms with Gasteiger partial charge in [0.1, 0.15) is 11.5 Å². The van der Waals surface area contributed by atoms with E-state index in [1.807, 2.05) is 32.0 Å². The summed E-state index contributed by atoms with van der Waals surface area (Å²) in [5.74, 6) is 1.81. The van der Waals surface area contributed by atoms with Gasteiger partial charge in [-0.2, -0.15) is 0 Å². The molecule has 0 bridgehead atoms. The van der Waals surface area contributed by atoms with Crippen LogP contribution in [0.3, 0.4) is 0 Å². The van der Waals surface area contributed by atoms with Crippen molar-refractivity contribution in [3.05, 3.63) is 52.5 Å². The van der Waals surface area contributed by atoms with Gasteiger partial charge in [-0.05, 0) is 43.5 Å². The highest BCUT2D eigenvalue weighted by Gasteiger charge is 2.19. The van der Waals surface area contributed by atoms with E-state index in [2.05, 4.69) is 11.4 Å². The fraction of sp³-hybridized carbons (Fsp3) is 0.312. The van der Waals surface area contributed by atoms with Crippen molar-refractivity contribution < 1.29 is 9.21 Å². The average Bonchev–Trinajstić information content (AvgIpc) is 2.76. The lowest BCUT2D eigenvalue weighted by Gasteiger charge is -2.19. The third-order valence-corrected chi connectivity index (χ3v) is 3.80. The molecule has 0 fully saturated rings. The van der Waals surface area contributed by atoms with E-state index in [4.69, 9.17) is 10.2 Å². The minimum absolute atomic E-state index is 0.0795. The predicted octanol–water partition coefficient (Wildman–Crippen LogP) is 2.83. The van der Waals surface area contributed by atoms with Gasteiger partial charge in [-0.25, -0.2) is 0 Å². The molecular weight excluding hydrogens is 252 g/mol. The van der Waals surface area contributed by atoms with Crippen LogP contribution in [0.15, 0.2) is 28.7 Å². The number of carbonyl (C=O) groups is 1. The van der Waals surface area contributed by atoms with E-state index in [0.717, 1.165) is 40.3 Å². The average molecular weight is 270 g/mol. The Labute approximate surface area is 118 Å². The molecule has 1 unspecified atom stereocenters. The summed E-state index contributed by atoms with van der Waals surface area (Å²) < 4.78 is 5.55. The van der Waals surface area contributed by atoms with Crippen LogP contribution in [0.1, 0.15) is 40.7 Å². The highest BCUT2D eigenvalue weighted by molar-refractivity contribution is 5.93. The molecule has 1 aliphatic heterocycles. The lowest BCUT2D eigenvalue weighted by molar-refractivity contribution is -0.116. The van der Waals surface area contributed by atoms with Crippen LogP contribution < -0.4 is 11.1 Å². The highest BCUT2D eigenvalue weighted by atomic mass is 16.3. The molecule has 0 radical (unpaired) electrons. The molecule has 1 aliphatic rings. The van der Waals surface area contributed by atoms with E-state index >= 15 is 0 Å². The third-order valence-electron chi connectivity index (χ3n) is 3.80. The van der Waals surface area contributed by atoms with Gasteiger partial charge in [-0.1, -0.05) is 12.1 Å². The quantitative estimate of drug-likeness (QED) is 0.881. The second-order valence-electron chi connectivity index (χ2n) is 5.31. The molecule has 0 aliphatic carbocycles. The molecule has 2 heterocycles. The normalized spacial score (nSPS) is 15.7. The van der Waals surface area contributed by atoms with Gasteiger partial charge in [0.25, 0.3) is 0 Å². The van der Waals surface area contributed by atoms with Crippen molar-refractivity contribution in [3.8, 4) is 0 Å². The second-order valence-corrected chi connectivity index (χ2v) is 5.31. The molecule has 0 spiro atoms.